The van der Waals surface area contributed by atoms with E-state index in [1.54, 1.807) is 5.32 Å². The molecule has 1 aromatic heterocycles. The zero-order chi connectivity index (χ0) is 20.9. The quantitative estimate of drug-likeness (QED) is 0.499. The molecule has 0 aliphatic carbocycles. The van der Waals surface area contributed by atoms with Gasteiger partial charge in [0.15, 0.2) is 5.58 Å². The number of oxazole rings is 1. The zero-order valence-electron chi connectivity index (χ0n) is 14.2. The lowest BCUT2D eigenvalue weighted by molar-refractivity contribution is -0.384. The molecule has 13 heteroatoms. The number of nitrogens with zero attached hydrogens (tertiary/aromatic N) is 2. The minimum Gasteiger partial charge on any atom is -0.407 e. The third-order valence-corrected chi connectivity index (χ3v) is 3.58. The summed E-state index contributed by atoms with van der Waals surface area (Å²) < 4.78 is 42.0. The summed E-state index contributed by atoms with van der Waals surface area (Å²) in [6.45, 7) is -2.03. The van der Waals surface area contributed by atoms with Crippen LogP contribution in [-0.2, 0) is 16.1 Å². The first-order chi connectivity index (χ1) is 13.1. The molecular weight excluding hydrogens is 389 g/mol. The van der Waals surface area contributed by atoms with E-state index in [1.807, 2.05) is 0 Å². The Morgan fingerprint density at radius 3 is 2.57 bits per heavy atom. The number of non-ortho nitro benzene ring substituents is 1. The maximum Gasteiger partial charge on any atom is 0.419 e. The number of fused-ring (bicyclic) bond motifs is 1. The van der Waals surface area contributed by atoms with Gasteiger partial charge in [-0.25, -0.2) is 4.79 Å². The molecule has 2 amide bonds. The highest BCUT2D eigenvalue weighted by molar-refractivity contribution is 5.84. The van der Waals surface area contributed by atoms with Crippen LogP contribution in [0.4, 0.5) is 18.9 Å². The lowest BCUT2D eigenvalue weighted by Gasteiger charge is -2.09. The van der Waals surface area contributed by atoms with Gasteiger partial charge in [0.1, 0.15) is 6.54 Å². The average molecular weight is 404 g/mol. The lowest BCUT2D eigenvalue weighted by Crippen LogP contribution is -2.40. The Labute approximate surface area is 154 Å². The number of nitro groups is 1. The first-order valence-corrected chi connectivity index (χ1v) is 7.95. The van der Waals surface area contributed by atoms with Crippen LogP contribution in [0.1, 0.15) is 12.8 Å². The molecule has 0 bridgehead atoms. The number of amides is 2. The van der Waals surface area contributed by atoms with Crippen LogP contribution in [-0.4, -0.2) is 40.6 Å². The number of benzene rings is 1. The van der Waals surface area contributed by atoms with Crippen molar-refractivity contribution < 1.29 is 32.1 Å². The van der Waals surface area contributed by atoms with Crippen molar-refractivity contribution in [3.05, 3.63) is 38.9 Å². The molecule has 1 aromatic carbocycles. The van der Waals surface area contributed by atoms with Gasteiger partial charge >= 0.3 is 11.9 Å². The molecule has 10 nitrogen and oxygen atoms in total. The van der Waals surface area contributed by atoms with Gasteiger partial charge in [-0.3, -0.25) is 24.3 Å². The Balaban J connectivity index is 1.84. The predicted octanol–water partition coefficient (Wildman–Crippen LogP) is 1.08. The van der Waals surface area contributed by atoms with E-state index in [2.05, 4.69) is 5.32 Å². The fourth-order valence-corrected chi connectivity index (χ4v) is 2.31. The predicted molar refractivity (Wildman–Crippen MR) is 88.4 cm³/mol. The second-order valence-electron chi connectivity index (χ2n) is 5.70. The number of alkyl halides is 3. The van der Waals surface area contributed by atoms with Crippen molar-refractivity contribution in [2.75, 3.05) is 13.1 Å². The number of nitrogens with one attached hydrogen (secondary N) is 2. The second kappa shape index (κ2) is 8.54. The maximum absolute atomic E-state index is 12.0. The minimum absolute atomic E-state index is 0.0324. The fraction of sp³-hybridized carbons (Fsp3) is 0.400. The van der Waals surface area contributed by atoms with E-state index in [-0.39, 0.29) is 30.7 Å². The summed E-state index contributed by atoms with van der Waals surface area (Å²) >= 11 is 0. The molecule has 2 aromatic rings. The standard InChI is InChI=1S/C15H15F3N4O6/c16-15(17,18)8-20-13(24)7-19-12(23)2-1-5-21-10-4-3-9(22(26)27)6-11(10)28-14(21)25/h3-4,6H,1-2,5,7-8H2,(H,19,23)(H,20,24). The topological polar surface area (TPSA) is 136 Å². The maximum atomic E-state index is 12.0. The van der Waals surface area contributed by atoms with Gasteiger partial charge in [0.25, 0.3) is 5.69 Å². The number of carbonyl (C=O) groups excluding carboxylic acids is 2. The highest BCUT2D eigenvalue weighted by Gasteiger charge is 2.27. The number of hydrogen-bond acceptors (Lipinski definition) is 6. The molecule has 2 rings (SSSR count). The van der Waals surface area contributed by atoms with Crippen molar-refractivity contribution in [3.8, 4) is 0 Å². The Morgan fingerprint density at radius 2 is 1.93 bits per heavy atom. The summed E-state index contributed by atoms with van der Waals surface area (Å²) in [6, 6.07) is 3.67. The van der Waals surface area contributed by atoms with Crippen molar-refractivity contribution >= 4 is 28.6 Å². The molecule has 0 spiro atoms. The Bertz CT molecular complexity index is 949. The molecule has 0 fully saturated rings. The lowest BCUT2D eigenvalue weighted by atomic mass is 10.2. The summed E-state index contributed by atoms with van der Waals surface area (Å²) in [6.07, 6.45) is -4.47. The number of carbonyl (C=O) groups is 2. The molecular formula is C15H15F3N4O6. The van der Waals surface area contributed by atoms with Crippen molar-refractivity contribution in [2.45, 2.75) is 25.6 Å². The van der Waals surface area contributed by atoms with Crippen LogP contribution in [0.15, 0.2) is 27.4 Å². The summed E-state index contributed by atoms with van der Waals surface area (Å²) in [5, 5.41) is 14.5. The van der Waals surface area contributed by atoms with E-state index < -0.39 is 41.8 Å². The minimum atomic E-state index is -4.54. The first kappa shape index (κ1) is 20.9. The zero-order valence-corrected chi connectivity index (χ0v) is 14.2. The number of rotatable bonds is 8. The van der Waals surface area contributed by atoms with E-state index in [0.29, 0.717) is 5.52 Å². The normalized spacial score (nSPS) is 11.4. The smallest absolute Gasteiger partial charge is 0.407 e. The van der Waals surface area contributed by atoms with Crippen LogP contribution >= 0.6 is 0 Å². The summed E-state index contributed by atoms with van der Waals surface area (Å²) in [4.78, 5) is 44.8. The molecule has 2 N–H and O–H groups in total. The van der Waals surface area contributed by atoms with E-state index in [9.17, 15) is 37.7 Å². The van der Waals surface area contributed by atoms with Crippen molar-refractivity contribution in [3.63, 3.8) is 0 Å². The van der Waals surface area contributed by atoms with Crippen LogP contribution in [0.25, 0.3) is 11.1 Å². The van der Waals surface area contributed by atoms with E-state index in [1.165, 1.54) is 16.7 Å². The Hall–Kier alpha value is -3.38. The second-order valence-corrected chi connectivity index (χ2v) is 5.70. The van der Waals surface area contributed by atoms with Gasteiger partial charge < -0.3 is 15.1 Å². The van der Waals surface area contributed by atoms with Gasteiger partial charge in [-0.15, -0.1) is 0 Å². The fourth-order valence-electron chi connectivity index (χ4n) is 2.31. The molecule has 0 atom stereocenters. The van der Waals surface area contributed by atoms with Crippen molar-refractivity contribution in [1.82, 2.24) is 15.2 Å². The van der Waals surface area contributed by atoms with Crippen LogP contribution in [0.2, 0.25) is 0 Å². The van der Waals surface area contributed by atoms with Crippen LogP contribution in [0.3, 0.4) is 0 Å². The highest BCUT2D eigenvalue weighted by atomic mass is 19.4. The van der Waals surface area contributed by atoms with Crippen LogP contribution in [0.5, 0.6) is 0 Å². The highest BCUT2D eigenvalue weighted by Crippen LogP contribution is 2.20. The van der Waals surface area contributed by atoms with Gasteiger partial charge in [-0.1, -0.05) is 0 Å². The van der Waals surface area contributed by atoms with E-state index in [0.717, 1.165) is 6.07 Å². The summed E-state index contributed by atoms with van der Waals surface area (Å²) in [7, 11) is 0. The third kappa shape index (κ3) is 5.82. The average Bonchev–Trinajstić information content (AvgIpc) is 2.92. The van der Waals surface area contributed by atoms with Crippen LogP contribution < -0.4 is 16.4 Å². The molecule has 152 valence electrons. The Kier molecular flexibility index (Phi) is 6.38. The van der Waals surface area contributed by atoms with Crippen molar-refractivity contribution in [1.29, 1.82) is 0 Å². The van der Waals surface area contributed by atoms with Gasteiger partial charge in [0.2, 0.25) is 11.8 Å². The van der Waals surface area contributed by atoms with E-state index in [4.69, 9.17) is 4.42 Å². The molecule has 1 heterocycles. The number of halogens is 3. The molecule has 0 aliphatic rings. The molecule has 0 radical (unpaired) electrons. The molecule has 0 aliphatic heterocycles. The van der Waals surface area contributed by atoms with Crippen LogP contribution in [0, 0.1) is 10.1 Å². The first-order valence-electron chi connectivity index (χ1n) is 7.95. The number of aromatic nitrogens is 1. The summed E-state index contributed by atoms with van der Waals surface area (Å²) in [5.74, 6) is -2.31. The number of hydrogen-bond donors (Lipinski definition) is 2. The molecule has 28 heavy (non-hydrogen) atoms. The summed E-state index contributed by atoms with van der Waals surface area (Å²) in [5.41, 5.74) is 0.115. The largest absolute Gasteiger partial charge is 0.419 e. The molecule has 0 unspecified atom stereocenters. The number of aryl methyl sites for hydroxylation is 1. The van der Waals surface area contributed by atoms with E-state index >= 15 is 0 Å². The Morgan fingerprint density at radius 1 is 1.21 bits per heavy atom. The SMILES string of the molecule is O=C(CCCn1c(=O)oc2cc([N+](=O)[O-])ccc21)NCC(=O)NCC(F)(F)F. The monoisotopic (exact) mass is 404 g/mol. The molecule has 0 saturated carbocycles. The van der Waals surface area contributed by atoms with Crippen molar-refractivity contribution in [2.24, 2.45) is 0 Å². The molecule has 0 saturated heterocycles. The van der Waals surface area contributed by atoms with Gasteiger partial charge in [0, 0.05) is 19.0 Å². The van der Waals surface area contributed by atoms with Gasteiger partial charge in [0.05, 0.1) is 23.1 Å². The number of nitro benzene ring substituents is 1. The van der Waals surface area contributed by atoms with Gasteiger partial charge in [-0.2, -0.15) is 13.2 Å². The third-order valence-electron chi connectivity index (χ3n) is 3.58. The van der Waals surface area contributed by atoms with Gasteiger partial charge in [-0.05, 0) is 12.5 Å².